The highest BCUT2D eigenvalue weighted by Gasteiger charge is 2.44. The second kappa shape index (κ2) is 11.4. The van der Waals surface area contributed by atoms with Crippen LogP contribution in [0.2, 0.25) is 0 Å². The molecule has 242 valence electrons. The zero-order chi connectivity index (χ0) is 33.2. The number of rotatable bonds is 4. The van der Waals surface area contributed by atoms with Crippen LogP contribution in [0.5, 0.6) is 5.75 Å². The van der Waals surface area contributed by atoms with Crippen LogP contribution < -0.4 is 26.0 Å². The minimum absolute atomic E-state index is 0.0392. The van der Waals surface area contributed by atoms with Gasteiger partial charge in [-0.25, -0.2) is 18.7 Å². The number of nitrogens with two attached hydrogens (primary N) is 2. The standard InChI is InChI=1S/C31H26F5N9OS/c1-43-7-9-44(10-8-43)30-41-24-21-25(46-12-11-45(29(21)42-30)14-15-3-2-6-40-27(15)38)22(31(34,35)36)20(23(24)33)16-4-5-18(32)26-19(16)17(13-37)28(39)47-26/h2-6H,7-12,14,39H2,1H3,(H2,38,40). The van der Waals surface area contributed by atoms with Crippen LogP contribution in [-0.2, 0) is 12.7 Å². The Bertz CT molecular complexity index is 2100. The number of hydrogen-bond donors (Lipinski definition) is 2. The van der Waals surface area contributed by atoms with Crippen molar-refractivity contribution in [2.45, 2.75) is 12.7 Å². The summed E-state index contributed by atoms with van der Waals surface area (Å²) in [5, 5.41) is 9.26. The summed E-state index contributed by atoms with van der Waals surface area (Å²) in [6.07, 6.45) is -3.64. The van der Waals surface area contributed by atoms with Crippen molar-refractivity contribution in [3.8, 4) is 22.9 Å². The van der Waals surface area contributed by atoms with Crippen molar-refractivity contribution in [3.63, 3.8) is 0 Å². The molecule has 1 saturated heterocycles. The van der Waals surface area contributed by atoms with E-state index in [9.17, 15) is 9.65 Å². The minimum Gasteiger partial charge on any atom is -0.490 e. The molecule has 0 radical (unpaired) electrons. The van der Waals surface area contributed by atoms with Gasteiger partial charge in [0.05, 0.1) is 22.2 Å². The van der Waals surface area contributed by atoms with E-state index in [1.54, 1.807) is 17.0 Å². The monoisotopic (exact) mass is 667 g/mol. The Morgan fingerprint density at radius 3 is 2.51 bits per heavy atom. The molecule has 3 aromatic heterocycles. The van der Waals surface area contributed by atoms with Crippen LogP contribution in [0.3, 0.4) is 0 Å². The summed E-state index contributed by atoms with van der Waals surface area (Å²) in [6.45, 7) is 2.25. The lowest BCUT2D eigenvalue weighted by Crippen LogP contribution is -2.45. The van der Waals surface area contributed by atoms with E-state index in [1.165, 1.54) is 6.20 Å². The molecule has 0 saturated carbocycles. The van der Waals surface area contributed by atoms with Gasteiger partial charge in [0, 0.05) is 55.4 Å². The molecule has 0 atom stereocenters. The van der Waals surface area contributed by atoms with Gasteiger partial charge in [-0.1, -0.05) is 12.1 Å². The Morgan fingerprint density at radius 2 is 1.81 bits per heavy atom. The molecule has 5 aromatic rings. The maximum Gasteiger partial charge on any atom is 0.420 e. The van der Waals surface area contributed by atoms with Gasteiger partial charge in [-0.15, -0.1) is 11.3 Å². The van der Waals surface area contributed by atoms with E-state index in [4.69, 9.17) is 21.2 Å². The molecular weight excluding hydrogens is 641 g/mol. The topological polar surface area (TPSA) is 133 Å². The van der Waals surface area contributed by atoms with Crippen LogP contribution >= 0.6 is 11.3 Å². The lowest BCUT2D eigenvalue weighted by Gasteiger charge is -2.33. The van der Waals surface area contributed by atoms with E-state index in [1.807, 2.05) is 18.0 Å². The predicted octanol–water partition coefficient (Wildman–Crippen LogP) is 5.39. The van der Waals surface area contributed by atoms with Gasteiger partial charge < -0.3 is 30.9 Å². The molecule has 0 bridgehead atoms. The third kappa shape index (κ3) is 5.06. The first-order valence-corrected chi connectivity index (χ1v) is 15.4. The minimum atomic E-state index is -5.16. The van der Waals surface area contributed by atoms with Crippen LogP contribution in [-0.4, -0.2) is 66.2 Å². The largest absolute Gasteiger partial charge is 0.490 e. The van der Waals surface area contributed by atoms with E-state index < -0.39 is 40.2 Å². The number of nitriles is 1. The Morgan fingerprint density at radius 1 is 1.04 bits per heavy atom. The molecule has 47 heavy (non-hydrogen) atoms. The molecule has 10 nitrogen and oxygen atoms in total. The van der Waals surface area contributed by atoms with Gasteiger partial charge in [-0.3, -0.25) is 0 Å². The summed E-state index contributed by atoms with van der Waals surface area (Å²) >= 11 is 0.699. The molecule has 0 spiro atoms. The van der Waals surface area contributed by atoms with Crippen molar-refractivity contribution >= 4 is 54.9 Å². The number of thiophene rings is 1. The Labute approximate surface area is 268 Å². The number of piperazine rings is 1. The van der Waals surface area contributed by atoms with Crippen molar-refractivity contribution in [1.29, 1.82) is 5.26 Å². The summed E-state index contributed by atoms with van der Waals surface area (Å²) in [5.41, 5.74) is 9.32. The maximum atomic E-state index is 17.2. The van der Waals surface area contributed by atoms with Crippen LogP contribution in [0.4, 0.5) is 44.5 Å². The predicted molar refractivity (Wildman–Crippen MR) is 169 cm³/mol. The van der Waals surface area contributed by atoms with Crippen LogP contribution in [0.15, 0.2) is 30.5 Å². The summed E-state index contributed by atoms with van der Waals surface area (Å²) in [4.78, 5) is 19.0. The average Bonchev–Trinajstić information content (AvgIpc) is 3.28. The molecule has 0 unspecified atom stereocenters. The van der Waals surface area contributed by atoms with E-state index in [-0.39, 0.29) is 68.9 Å². The van der Waals surface area contributed by atoms with E-state index in [2.05, 4.69) is 14.9 Å². The Kier molecular flexibility index (Phi) is 7.40. The molecular formula is C31H26F5N9OS. The van der Waals surface area contributed by atoms with Crippen LogP contribution in [0, 0.1) is 23.0 Å². The van der Waals surface area contributed by atoms with Crippen LogP contribution in [0.1, 0.15) is 16.7 Å². The number of fused-ring (bicyclic) bond motifs is 1. The molecule has 2 aliphatic rings. The summed E-state index contributed by atoms with van der Waals surface area (Å²) < 4.78 is 83.6. The number of halogens is 5. The lowest BCUT2D eigenvalue weighted by atomic mass is 9.91. The van der Waals surface area contributed by atoms with Crippen molar-refractivity contribution in [1.82, 2.24) is 19.9 Å². The first kappa shape index (κ1) is 30.6. The molecule has 2 aliphatic heterocycles. The first-order chi connectivity index (χ1) is 22.5. The highest BCUT2D eigenvalue weighted by molar-refractivity contribution is 7.23. The van der Waals surface area contributed by atoms with Gasteiger partial charge in [-0.2, -0.15) is 23.4 Å². The number of benzene rings is 2. The van der Waals surface area contributed by atoms with Gasteiger partial charge in [-0.05, 0) is 24.7 Å². The van der Waals surface area contributed by atoms with Gasteiger partial charge in [0.1, 0.15) is 52.0 Å². The smallest absolute Gasteiger partial charge is 0.420 e. The van der Waals surface area contributed by atoms with Crippen molar-refractivity contribution in [2.24, 2.45) is 0 Å². The highest BCUT2D eigenvalue weighted by Crippen LogP contribution is 2.53. The van der Waals surface area contributed by atoms with Gasteiger partial charge in [0.25, 0.3) is 0 Å². The molecule has 0 aliphatic carbocycles. The second-order valence-electron chi connectivity index (χ2n) is 11.3. The van der Waals surface area contributed by atoms with Crippen molar-refractivity contribution < 1.29 is 26.7 Å². The fourth-order valence-corrected chi connectivity index (χ4v) is 7.08. The summed E-state index contributed by atoms with van der Waals surface area (Å²) in [5.74, 6) is -2.39. The van der Waals surface area contributed by atoms with Crippen molar-refractivity contribution in [2.75, 3.05) is 67.6 Å². The van der Waals surface area contributed by atoms with E-state index in [0.29, 0.717) is 43.1 Å². The number of hydrogen-bond acceptors (Lipinski definition) is 11. The third-order valence-electron chi connectivity index (χ3n) is 8.47. The Hall–Kier alpha value is -5.01. The fraction of sp³-hybridized carbons (Fsp3) is 0.290. The highest BCUT2D eigenvalue weighted by atomic mass is 32.1. The SMILES string of the molecule is CN1CCN(c2nc3c4c(c(C(F)(F)F)c(-c5ccc(F)c6sc(N)c(C#N)c56)c(F)c4n2)OCCN3Cc2cccnc2N)CC1. The molecule has 7 rings (SSSR count). The fourth-order valence-electron chi connectivity index (χ4n) is 6.13. The first-order valence-electron chi connectivity index (χ1n) is 14.5. The van der Waals surface area contributed by atoms with Gasteiger partial charge in [0.2, 0.25) is 5.95 Å². The molecule has 5 heterocycles. The number of likely N-dealkylation sites (N-methyl/N-ethyl adjacent to an activating group) is 1. The molecule has 2 aromatic carbocycles. The zero-order valence-electron chi connectivity index (χ0n) is 24.8. The maximum absolute atomic E-state index is 17.2. The number of aromatic nitrogens is 3. The number of ether oxygens (including phenoxy) is 1. The molecule has 16 heteroatoms. The van der Waals surface area contributed by atoms with Crippen molar-refractivity contribution in [3.05, 3.63) is 58.8 Å². The summed E-state index contributed by atoms with van der Waals surface area (Å²) in [6, 6.07) is 7.21. The van der Waals surface area contributed by atoms with Crippen LogP contribution in [0.25, 0.3) is 32.1 Å². The molecule has 0 amide bonds. The summed E-state index contributed by atoms with van der Waals surface area (Å²) in [7, 11) is 1.96. The van der Waals surface area contributed by atoms with Gasteiger partial charge >= 0.3 is 6.18 Å². The van der Waals surface area contributed by atoms with Gasteiger partial charge in [0.15, 0.2) is 5.82 Å². The molecule has 1 fully saturated rings. The number of nitrogen functional groups attached to an aromatic ring is 2. The quantitative estimate of drug-likeness (QED) is 0.241. The zero-order valence-corrected chi connectivity index (χ0v) is 25.6. The Balaban J connectivity index is 1.58. The normalized spacial score (nSPS) is 15.6. The average molecular weight is 668 g/mol. The number of pyridine rings is 1. The second-order valence-corrected chi connectivity index (χ2v) is 12.4. The van der Waals surface area contributed by atoms with E-state index in [0.717, 1.165) is 12.1 Å². The number of nitrogens with zero attached hydrogens (tertiary/aromatic N) is 7. The number of anilines is 4. The lowest BCUT2D eigenvalue weighted by molar-refractivity contribution is -0.138. The molecule has 4 N–H and O–H groups in total. The third-order valence-corrected chi connectivity index (χ3v) is 9.50. The number of alkyl halides is 3. The van der Waals surface area contributed by atoms with E-state index >= 15 is 17.6 Å².